The Labute approximate surface area is 123 Å². The molecule has 0 radical (unpaired) electrons. The highest BCUT2D eigenvalue weighted by molar-refractivity contribution is 7.08. The van der Waals surface area contributed by atoms with Gasteiger partial charge in [-0.25, -0.2) is 4.79 Å². The Morgan fingerprint density at radius 1 is 1.35 bits per heavy atom. The third-order valence-electron chi connectivity index (χ3n) is 2.99. The maximum Gasteiger partial charge on any atom is 0.352 e. The summed E-state index contributed by atoms with van der Waals surface area (Å²) >= 11 is 1.08. The molecule has 2 aromatic rings. The van der Waals surface area contributed by atoms with E-state index in [-0.39, 0.29) is 12.1 Å². The number of benzene rings is 1. The van der Waals surface area contributed by atoms with Gasteiger partial charge in [-0.1, -0.05) is 54.6 Å². The molecule has 20 heavy (non-hydrogen) atoms. The van der Waals surface area contributed by atoms with E-state index in [0.717, 1.165) is 36.4 Å². The van der Waals surface area contributed by atoms with Crippen molar-refractivity contribution in [1.82, 2.24) is 9.59 Å². The normalized spacial score (nSPS) is 12.1. The lowest BCUT2D eigenvalue weighted by molar-refractivity contribution is 0.0327. The van der Waals surface area contributed by atoms with Crippen LogP contribution in [0, 0.1) is 0 Å². The minimum atomic E-state index is -0.331. The maximum atomic E-state index is 12.2. The van der Waals surface area contributed by atoms with Crippen molar-refractivity contribution in [2.24, 2.45) is 0 Å². The smallest absolute Gasteiger partial charge is 0.352 e. The van der Waals surface area contributed by atoms with Gasteiger partial charge in [-0.3, -0.25) is 0 Å². The van der Waals surface area contributed by atoms with E-state index < -0.39 is 0 Å². The SMILES string of the molecule is CCCC[C@H](C)OC(=O)c1snnc1-c1ccccc1. The Morgan fingerprint density at radius 2 is 2.10 bits per heavy atom. The Hall–Kier alpha value is -1.75. The fourth-order valence-corrected chi connectivity index (χ4v) is 2.47. The molecule has 0 saturated carbocycles. The first-order valence-electron chi connectivity index (χ1n) is 6.81. The van der Waals surface area contributed by atoms with Gasteiger partial charge in [0.2, 0.25) is 0 Å². The molecule has 1 heterocycles. The van der Waals surface area contributed by atoms with Crippen LogP contribution in [0.4, 0.5) is 0 Å². The molecule has 0 aliphatic rings. The molecule has 0 aliphatic heterocycles. The molecule has 2 rings (SSSR count). The molecule has 0 unspecified atom stereocenters. The highest BCUT2D eigenvalue weighted by Gasteiger charge is 2.20. The number of hydrogen-bond acceptors (Lipinski definition) is 5. The molecule has 0 fully saturated rings. The summed E-state index contributed by atoms with van der Waals surface area (Å²) in [6, 6.07) is 9.57. The van der Waals surface area contributed by atoms with Crippen molar-refractivity contribution in [1.29, 1.82) is 0 Å². The molecule has 1 atom stereocenters. The van der Waals surface area contributed by atoms with Gasteiger partial charge >= 0.3 is 5.97 Å². The van der Waals surface area contributed by atoms with Gasteiger partial charge < -0.3 is 4.74 Å². The van der Waals surface area contributed by atoms with Gasteiger partial charge in [-0.15, -0.1) is 5.10 Å². The molecule has 0 saturated heterocycles. The number of unbranched alkanes of at least 4 members (excludes halogenated alkanes) is 1. The first-order chi connectivity index (χ1) is 9.72. The molecular weight excluding hydrogens is 272 g/mol. The number of aromatic nitrogens is 2. The lowest BCUT2D eigenvalue weighted by Gasteiger charge is -2.12. The van der Waals surface area contributed by atoms with Crippen molar-refractivity contribution in [3.05, 3.63) is 35.2 Å². The number of nitrogens with zero attached hydrogens (tertiary/aromatic N) is 2. The number of ether oxygens (including phenoxy) is 1. The van der Waals surface area contributed by atoms with Crippen molar-refractivity contribution < 1.29 is 9.53 Å². The van der Waals surface area contributed by atoms with Crippen molar-refractivity contribution in [3.8, 4) is 11.3 Å². The van der Waals surface area contributed by atoms with Crippen LogP contribution in [0.25, 0.3) is 11.3 Å². The molecule has 4 nitrogen and oxygen atoms in total. The quantitative estimate of drug-likeness (QED) is 0.756. The van der Waals surface area contributed by atoms with Gasteiger partial charge in [0, 0.05) is 5.56 Å². The zero-order valence-electron chi connectivity index (χ0n) is 11.7. The van der Waals surface area contributed by atoms with Crippen molar-refractivity contribution >= 4 is 17.5 Å². The zero-order chi connectivity index (χ0) is 14.4. The van der Waals surface area contributed by atoms with E-state index in [2.05, 4.69) is 16.5 Å². The van der Waals surface area contributed by atoms with Gasteiger partial charge in [0.25, 0.3) is 0 Å². The summed E-state index contributed by atoms with van der Waals surface area (Å²) < 4.78 is 9.33. The Morgan fingerprint density at radius 3 is 2.80 bits per heavy atom. The van der Waals surface area contributed by atoms with E-state index in [9.17, 15) is 4.79 Å². The first-order valence-corrected chi connectivity index (χ1v) is 7.58. The van der Waals surface area contributed by atoms with Gasteiger partial charge in [0.1, 0.15) is 5.69 Å². The Balaban J connectivity index is 2.10. The van der Waals surface area contributed by atoms with Crippen molar-refractivity contribution in [2.75, 3.05) is 0 Å². The summed E-state index contributed by atoms with van der Waals surface area (Å²) in [4.78, 5) is 12.7. The summed E-state index contributed by atoms with van der Waals surface area (Å²) in [5.41, 5.74) is 1.48. The summed E-state index contributed by atoms with van der Waals surface area (Å²) in [7, 11) is 0. The van der Waals surface area contributed by atoms with Crippen LogP contribution in [-0.4, -0.2) is 21.7 Å². The van der Waals surface area contributed by atoms with Crippen LogP contribution in [0.5, 0.6) is 0 Å². The summed E-state index contributed by atoms with van der Waals surface area (Å²) in [5.74, 6) is -0.331. The molecule has 1 aromatic carbocycles. The predicted octanol–water partition coefficient (Wildman–Crippen LogP) is 3.94. The minimum absolute atomic E-state index is 0.0758. The van der Waals surface area contributed by atoms with E-state index >= 15 is 0 Å². The number of esters is 1. The van der Waals surface area contributed by atoms with Crippen LogP contribution >= 0.6 is 11.5 Å². The molecule has 5 heteroatoms. The number of hydrogen-bond donors (Lipinski definition) is 0. The molecule has 0 N–H and O–H groups in total. The van der Waals surface area contributed by atoms with Crippen LogP contribution in [0.15, 0.2) is 30.3 Å². The fourth-order valence-electron chi connectivity index (χ4n) is 1.90. The number of carbonyl (C=O) groups is 1. The van der Waals surface area contributed by atoms with E-state index in [0.29, 0.717) is 10.6 Å². The molecule has 0 spiro atoms. The molecule has 0 aliphatic carbocycles. The highest BCUT2D eigenvalue weighted by Crippen LogP contribution is 2.24. The van der Waals surface area contributed by atoms with Gasteiger partial charge in [-0.2, -0.15) is 0 Å². The van der Waals surface area contributed by atoms with Gasteiger partial charge in [0.15, 0.2) is 4.88 Å². The summed E-state index contributed by atoms with van der Waals surface area (Å²) in [6.07, 6.45) is 2.96. The van der Waals surface area contributed by atoms with Gasteiger partial charge in [0.05, 0.1) is 6.10 Å². The molecule has 106 valence electrons. The average Bonchev–Trinajstić information content (AvgIpc) is 2.95. The summed E-state index contributed by atoms with van der Waals surface area (Å²) in [5, 5.41) is 4.04. The standard InChI is InChI=1S/C15H18N2O2S/c1-3-4-8-11(2)19-15(18)14-13(16-17-20-14)12-9-6-5-7-10-12/h5-7,9-11H,3-4,8H2,1-2H3/t11-/m0/s1. The number of carbonyl (C=O) groups excluding carboxylic acids is 1. The van der Waals surface area contributed by atoms with E-state index in [1.165, 1.54) is 0 Å². The summed E-state index contributed by atoms with van der Waals surface area (Å²) in [6.45, 7) is 4.04. The maximum absolute atomic E-state index is 12.2. The molecule has 0 bridgehead atoms. The average molecular weight is 290 g/mol. The second kappa shape index (κ2) is 7.14. The fraction of sp³-hybridized carbons (Fsp3) is 0.400. The van der Waals surface area contributed by atoms with Crippen molar-refractivity contribution in [3.63, 3.8) is 0 Å². The third-order valence-corrected chi connectivity index (χ3v) is 3.70. The van der Waals surface area contributed by atoms with E-state index in [4.69, 9.17) is 4.74 Å². The molecular formula is C15H18N2O2S. The molecule has 1 aromatic heterocycles. The topological polar surface area (TPSA) is 52.1 Å². The van der Waals surface area contributed by atoms with Crippen molar-refractivity contribution in [2.45, 2.75) is 39.2 Å². The molecule has 0 amide bonds. The lowest BCUT2D eigenvalue weighted by Crippen LogP contribution is -2.14. The van der Waals surface area contributed by atoms with Crippen LogP contribution in [0.3, 0.4) is 0 Å². The van der Waals surface area contributed by atoms with E-state index in [1.54, 1.807) is 0 Å². The largest absolute Gasteiger partial charge is 0.458 e. The van der Waals surface area contributed by atoms with Gasteiger partial charge in [-0.05, 0) is 24.9 Å². The van der Waals surface area contributed by atoms with Crippen LogP contribution < -0.4 is 0 Å². The third kappa shape index (κ3) is 3.63. The predicted molar refractivity (Wildman–Crippen MR) is 79.7 cm³/mol. The first kappa shape index (κ1) is 14.7. The van der Waals surface area contributed by atoms with Crippen LogP contribution in [0.1, 0.15) is 42.8 Å². The Kier molecular flexibility index (Phi) is 5.24. The number of rotatable bonds is 6. The Bertz CT molecular complexity index is 554. The highest BCUT2D eigenvalue weighted by atomic mass is 32.1. The van der Waals surface area contributed by atoms with E-state index in [1.807, 2.05) is 37.3 Å². The van der Waals surface area contributed by atoms with Crippen LogP contribution in [0.2, 0.25) is 0 Å². The second-order valence-corrected chi connectivity index (χ2v) is 5.43. The lowest BCUT2D eigenvalue weighted by atomic mass is 10.1. The minimum Gasteiger partial charge on any atom is -0.458 e. The van der Waals surface area contributed by atoms with Crippen LogP contribution in [-0.2, 0) is 4.74 Å². The second-order valence-electron chi connectivity index (χ2n) is 4.67. The monoisotopic (exact) mass is 290 g/mol. The zero-order valence-corrected chi connectivity index (χ0v) is 12.5.